The summed E-state index contributed by atoms with van der Waals surface area (Å²) in [7, 11) is -0.125. The highest BCUT2D eigenvalue weighted by atomic mass is 79.9. The number of allylic oxidation sites excluding steroid dienone is 1. The number of carbonyl (C=O) groups excluding carboxylic acids is 2. The van der Waals surface area contributed by atoms with Crippen LogP contribution in [0.3, 0.4) is 0 Å². The Morgan fingerprint density at radius 2 is 1.18 bits per heavy atom. The van der Waals surface area contributed by atoms with Crippen LogP contribution in [0, 0.1) is 40.8 Å². The van der Waals surface area contributed by atoms with Crippen LogP contribution in [-0.4, -0.2) is 106 Å². The molecule has 2 aromatic carbocycles. The first-order chi connectivity index (χ1) is 33.4. The number of halogens is 2. The van der Waals surface area contributed by atoms with Gasteiger partial charge in [0.2, 0.25) is 0 Å². The van der Waals surface area contributed by atoms with E-state index in [1.807, 2.05) is 71.7 Å². The zero-order valence-electron chi connectivity index (χ0n) is 45.6. The predicted octanol–water partition coefficient (Wildman–Crippen LogP) is 12.8. The number of hydrogen-bond acceptors (Lipinski definition) is 11. The Kier molecular flexibility index (Phi) is 22.8. The second-order valence-corrected chi connectivity index (χ2v) is 33.9. The molecule has 6 rings (SSSR count). The highest BCUT2D eigenvalue weighted by Gasteiger charge is 2.52. The first-order valence-corrected chi connectivity index (χ1v) is 32.7. The van der Waals surface area contributed by atoms with E-state index in [-0.39, 0.29) is 0 Å². The molecule has 4 aromatic rings. The Bertz CT molecular complexity index is 2690. The van der Waals surface area contributed by atoms with Crippen LogP contribution in [0.25, 0.3) is 20.8 Å². The van der Waals surface area contributed by atoms with Gasteiger partial charge >= 0.3 is 19.1 Å². The molecule has 0 N–H and O–H groups in total. The van der Waals surface area contributed by atoms with Gasteiger partial charge < -0.3 is 28.3 Å². The molecule has 72 heavy (non-hydrogen) atoms. The van der Waals surface area contributed by atoms with E-state index < -0.39 is 46.4 Å². The van der Waals surface area contributed by atoms with Crippen molar-refractivity contribution >= 4 is 89.6 Å². The van der Waals surface area contributed by atoms with Gasteiger partial charge in [0.25, 0.3) is 0 Å². The molecule has 0 aliphatic carbocycles. The number of aliphatic imine (C=N–C) groups is 1. The summed E-state index contributed by atoms with van der Waals surface area (Å²) in [6.45, 7) is 51.9. The monoisotopic (exact) mass is 1150 g/mol. The molecule has 0 spiro atoms. The highest BCUT2D eigenvalue weighted by molar-refractivity contribution is 9.12. The van der Waals surface area contributed by atoms with Crippen molar-refractivity contribution in [3.8, 4) is 11.1 Å². The number of aryl methyl sites for hydroxylation is 2. The molecule has 0 unspecified atom stereocenters. The lowest BCUT2D eigenvalue weighted by atomic mass is 9.77. The van der Waals surface area contributed by atoms with E-state index in [4.69, 9.17) is 41.4 Å². The van der Waals surface area contributed by atoms with Crippen molar-refractivity contribution in [3.05, 3.63) is 108 Å². The molecule has 2 aliphatic rings. The average molecular weight is 1150 g/mol. The van der Waals surface area contributed by atoms with Crippen molar-refractivity contribution in [2.75, 3.05) is 34.0 Å². The third kappa shape index (κ3) is 17.3. The van der Waals surface area contributed by atoms with Crippen LogP contribution < -0.4 is 5.46 Å². The summed E-state index contributed by atoms with van der Waals surface area (Å²) in [6, 6.07) is 12.0. The summed E-state index contributed by atoms with van der Waals surface area (Å²) in [5.41, 5.74) is 9.09. The smallest absolute Gasteiger partial charge is 0.465 e. The van der Waals surface area contributed by atoms with E-state index in [0.29, 0.717) is 53.6 Å². The van der Waals surface area contributed by atoms with Crippen LogP contribution in [0.4, 0.5) is 11.4 Å². The summed E-state index contributed by atoms with van der Waals surface area (Å²) in [5, 5.41) is 8.97. The van der Waals surface area contributed by atoms with Crippen LogP contribution in [0.2, 0.25) is 51.4 Å². The average Bonchev–Trinajstić information content (AvgIpc) is 3.94. The maximum absolute atomic E-state index is 11.9. The fourth-order valence-corrected chi connectivity index (χ4v) is 8.94. The maximum Gasteiger partial charge on any atom is 0.483 e. The minimum absolute atomic E-state index is 0.370. The van der Waals surface area contributed by atoms with Crippen LogP contribution in [-0.2, 0) is 41.7 Å². The molecule has 2 aromatic heterocycles. The maximum atomic E-state index is 11.9. The molecule has 1 saturated heterocycles. The molecule has 0 saturated carbocycles. The Labute approximate surface area is 447 Å². The summed E-state index contributed by atoms with van der Waals surface area (Å²) >= 11 is 6.93. The van der Waals surface area contributed by atoms with Crippen molar-refractivity contribution < 1.29 is 37.8 Å². The highest BCUT2D eigenvalue weighted by Crippen LogP contribution is 2.38. The standard InChI is InChI=1S/C20H27N3O3Si.C15H18BNO4.C11H21BrN2OSi.C6H8BrN/c1-14-19(15(2)23(22-14)13-26-10-11-27(5,6)7)17-12-16(20(24)25-4)8-9-18(17)21-3;1-14(2)15(3,4)21-16(20-14)11-9-10(13(18)19-6)7-8-12(11)17-5;1-9-11(12)10(2)14(13-9)8-15-6-7-16(3,4)5;1-4-3-8-5(2)6(4)7/h8-9,12H,10-11,13H2,1-2,4-7H3;7-9H,1-4,6H3;6-8H2,1-5H3;3H2,1-2H3. The first kappa shape index (κ1) is 61.8. The second-order valence-electron chi connectivity index (χ2n) is 21.0. The number of rotatable bonds is 14. The van der Waals surface area contributed by atoms with Gasteiger partial charge in [-0.05, 0) is 130 Å². The summed E-state index contributed by atoms with van der Waals surface area (Å²) in [6.07, 6.45) is 0. The number of esters is 2. The van der Waals surface area contributed by atoms with E-state index in [0.717, 1.165) is 57.7 Å². The molecule has 20 heteroatoms. The summed E-state index contributed by atoms with van der Waals surface area (Å²) in [4.78, 5) is 34.8. The van der Waals surface area contributed by atoms with Crippen molar-refractivity contribution in [2.45, 2.75) is 145 Å². The van der Waals surface area contributed by atoms with Crippen LogP contribution in [0.1, 0.15) is 85.0 Å². The van der Waals surface area contributed by atoms with E-state index in [2.05, 4.69) is 103 Å². The van der Waals surface area contributed by atoms with Gasteiger partial charge in [0.05, 0.1) is 77.8 Å². The second kappa shape index (κ2) is 26.6. The molecular formula is C52H74BBr2N7O8Si2. The van der Waals surface area contributed by atoms with Gasteiger partial charge in [-0.2, -0.15) is 10.2 Å². The number of hydrogen-bond donors (Lipinski definition) is 0. The number of methoxy groups -OCH3 is 2. The van der Waals surface area contributed by atoms with Gasteiger partial charge in [0, 0.05) is 50.8 Å². The van der Waals surface area contributed by atoms with E-state index in [1.165, 1.54) is 30.3 Å². The zero-order chi connectivity index (χ0) is 54.5. The minimum atomic E-state index is -1.13. The van der Waals surface area contributed by atoms with E-state index in [1.54, 1.807) is 36.4 Å². The molecule has 0 bridgehead atoms. The Balaban J connectivity index is 0.000000271. The molecule has 1 fully saturated rings. The van der Waals surface area contributed by atoms with Gasteiger partial charge in [-0.25, -0.2) is 28.6 Å². The molecule has 4 heterocycles. The Morgan fingerprint density at radius 1 is 0.722 bits per heavy atom. The van der Waals surface area contributed by atoms with Crippen LogP contribution in [0.15, 0.2) is 55.9 Å². The summed E-state index contributed by atoms with van der Waals surface area (Å²) in [5.74, 6) is -0.880. The molecule has 390 valence electrons. The molecule has 0 radical (unpaired) electrons. The van der Waals surface area contributed by atoms with Gasteiger partial charge in [-0.1, -0.05) is 75.7 Å². The topological polar surface area (TPSA) is 146 Å². The third-order valence-electron chi connectivity index (χ3n) is 12.2. The Hall–Kier alpha value is -4.51. The lowest BCUT2D eigenvalue weighted by Gasteiger charge is -2.32. The predicted molar refractivity (Wildman–Crippen MR) is 302 cm³/mol. The van der Waals surface area contributed by atoms with Crippen molar-refractivity contribution in [2.24, 2.45) is 4.99 Å². The van der Waals surface area contributed by atoms with Gasteiger partial charge in [-0.15, -0.1) is 0 Å². The minimum Gasteiger partial charge on any atom is -0.465 e. The molecule has 2 aliphatic heterocycles. The number of nitrogens with zero attached hydrogens (tertiary/aromatic N) is 7. The fraction of sp³-hybridized carbons (Fsp3) is 0.519. The van der Waals surface area contributed by atoms with Gasteiger partial charge in [-0.3, -0.25) is 4.99 Å². The number of benzene rings is 2. The normalized spacial score (nSPS) is 14.7. The fourth-order valence-electron chi connectivity index (χ4n) is 6.90. The molecular weight excluding hydrogens is 1080 g/mol. The molecule has 0 amide bonds. The zero-order valence-corrected chi connectivity index (χ0v) is 50.8. The van der Waals surface area contributed by atoms with Crippen molar-refractivity contribution in [1.82, 2.24) is 19.6 Å². The number of ether oxygens (including phenoxy) is 4. The summed E-state index contributed by atoms with van der Waals surface area (Å²) < 4.78 is 38.9. The Morgan fingerprint density at radius 3 is 1.57 bits per heavy atom. The molecule has 15 nitrogen and oxygen atoms in total. The lowest BCUT2D eigenvalue weighted by molar-refractivity contribution is 0.00578. The lowest BCUT2D eigenvalue weighted by Crippen LogP contribution is -2.41. The van der Waals surface area contributed by atoms with Crippen LogP contribution in [0.5, 0.6) is 0 Å². The molecule has 0 atom stereocenters. The van der Waals surface area contributed by atoms with Gasteiger partial charge in [0.15, 0.2) is 11.4 Å². The van der Waals surface area contributed by atoms with Crippen molar-refractivity contribution in [3.63, 3.8) is 0 Å². The van der Waals surface area contributed by atoms with Gasteiger partial charge in [0.1, 0.15) is 13.5 Å². The largest absolute Gasteiger partial charge is 0.483 e. The first-order valence-electron chi connectivity index (χ1n) is 23.7. The quantitative estimate of drug-likeness (QED) is 0.0517. The third-order valence-corrected chi connectivity index (χ3v) is 18.0. The van der Waals surface area contributed by atoms with Crippen molar-refractivity contribution in [1.29, 1.82) is 0 Å². The van der Waals surface area contributed by atoms with E-state index >= 15 is 0 Å². The van der Waals surface area contributed by atoms with Crippen LogP contribution >= 0.6 is 31.9 Å². The SMILES string of the molecule is CC1=NCC(C)=C1Br.Cc1nn(COCC[Si](C)(C)C)c(C)c1Br.[C-]#[N+]c1ccc(C(=O)OC)cc1-c1c(C)nn(COCC[Si](C)(C)C)c1C.[C-]#[N+]c1ccc(C(=O)OC)cc1B1OC(C)(C)C(C)(C)O1. The van der Waals surface area contributed by atoms with E-state index in [9.17, 15) is 9.59 Å². The number of aromatic nitrogens is 4. The number of carbonyl (C=O) groups is 2.